The fraction of sp³-hybridized carbons (Fsp3) is 0.364. The molecule has 170 valence electrons. The molecule has 1 aliphatic rings. The van der Waals surface area contributed by atoms with Gasteiger partial charge in [-0.25, -0.2) is 13.4 Å². The molecule has 1 amide bonds. The molecule has 1 aromatic heterocycles. The quantitative estimate of drug-likeness (QED) is 0.566. The topological polar surface area (TPSA) is 91.8 Å². The van der Waals surface area contributed by atoms with Crippen molar-refractivity contribution >= 4 is 43.2 Å². The largest absolute Gasteiger partial charge is 0.379 e. The standard InChI is InChI=1S/C22H26N4O4S2/c1-16(22-24-19-8-3-4-9-20(19)31-22)25(2)21(27)15-23-17-6-5-7-18(14-17)32(28,29)26-10-12-30-13-11-26/h3-9,14,16,23H,10-13,15H2,1-2H3/t16-/m1/s1. The van der Waals surface area contributed by atoms with Gasteiger partial charge in [0.25, 0.3) is 0 Å². The Balaban J connectivity index is 1.40. The van der Waals surface area contributed by atoms with E-state index in [0.717, 1.165) is 15.2 Å². The van der Waals surface area contributed by atoms with Crippen LogP contribution >= 0.6 is 11.3 Å². The van der Waals surface area contributed by atoms with Crippen LogP contribution in [0.15, 0.2) is 53.4 Å². The van der Waals surface area contributed by atoms with Crippen LogP contribution < -0.4 is 5.32 Å². The lowest BCUT2D eigenvalue weighted by Crippen LogP contribution is -2.40. The van der Waals surface area contributed by atoms with Crippen molar-refractivity contribution in [3.63, 3.8) is 0 Å². The summed E-state index contributed by atoms with van der Waals surface area (Å²) < 4.78 is 33.5. The van der Waals surface area contributed by atoms with Crippen LogP contribution in [0.25, 0.3) is 10.2 Å². The Morgan fingerprint density at radius 2 is 1.97 bits per heavy atom. The van der Waals surface area contributed by atoms with Crippen LogP contribution in [0.1, 0.15) is 18.0 Å². The van der Waals surface area contributed by atoms with Gasteiger partial charge in [-0.05, 0) is 37.3 Å². The molecular formula is C22H26N4O4S2. The number of hydrogen-bond donors (Lipinski definition) is 1. The second-order valence-corrected chi connectivity index (χ2v) is 10.6. The number of ether oxygens (including phenoxy) is 1. The summed E-state index contributed by atoms with van der Waals surface area (Å²) in [6.45, 7) is 3.47. The zero-order valence-corrected chi connectivity index (χ0v) is 19.7. The average molecular weight is 475 g/mol. The molecule has 1 saturated heterocycles. The molecule has 8 nitrogen and oxygen atoms in total. The van der Waals surface area contributed by atoms with Crippen LogP contribution in [0.5, 0.6) is 0 Å². The lowest BCUT2D eigenvalue weighted by Gasteiger charge is -2.26. The van der Waals surface area contributed by atoms with E-state index < -0.39 is 10.0 Å². The summed E-state index contributed by atoms with van der Waals surface area (Å²) in [4.78, 5) is 19.3. The molecule has 1 fully saturated rings. The number of carbonyl (C=O) groups excluding carboxylic acids is 1. The van der Waals surface area contributed by atoms with Crippen LogP contribution in [-0.4, -0.2) is 68.4 Å². The van der Waals surface area contributed by atoms with E-state index in [2.05, 4.69) is 10.3 Å². The Labute approximate surface area is 191 Å². The fourth-order valence-electron chi connectivity index (χ4n) is 3.46. The number of para-hydroxylation sites is 1. The van der Waals surface area contributed by atoms with Crippen molar-refractivity contribution in [3.8, 4) is 0 Å². The highest BCUT2D eigenvalue weighted by atomic mass is 32.2. The molecule has 4 rings (SSSR count). The number of hydrogen-bond acceptors (Lipinski definition) is 7. The van der Waals surface area contributed by atoms with E-state index in [0.29, 0.717) is 32.0 Å². The number of rotatable bonds is 7. The van der Waals surface area contributed by atoms with E-state index >= 15 is 0 Å². The molecule has 0 aliphatic carbocycles. The number of benzene rings is 2. The van der Waals surface area contributed by atoms with E-state index in [9.17, 15) is 13.2 Å². The van der Waals surface area contributed by atoms with Crippen LogP contribution in [-0.2, 0) is 19.6 Å². The average Bonchev–Trinajstić information content (AvgIpc) is 3.26. The Morgan fingerprint density at radius 3 is 2.72 bits per heavy atom. The Hall–Kier alpha value is -2.53. The van der Waals surface area contributed by atoms with Crippen molar-refractivity contribution in [2.24, 2.45) is 0 Å². The zero-order valence-electron chi connectivity index (χ0n) is 18.0. The molecule has 0 radical (unpaired) electrons. The van der Waals surface area contributed by atoms with E-state index in [1.807, 2.05) is 31.2 Å². The number of aromatic nitrogens is 1. The second kappa shape index (κ2) is 9.53. The normalized spacial score (nSPS) is 16.1. The lowest BCUT2D eigenvalue weighted by molar-refractivity contribution is -0.129. The molecule has 2 aromatic carbocycles. The minimum atomic E-state index is -3.59. The minimum Gasteiger partial charge on any atom is -0.379 e. The van der Waals surface area contributed by atoms with Gasteiger partial charge in [-0.3, -0.25) is 4.79 Å². The number of amides is 1. The Morgan fingerprint density at radius 1 is 1.22 bits per heavy atom. The van der Waals surface area contributed by atoms with Crippen LogP contribution in [0.3, 0.4) is 0 Å². The Bertz CT molecular complexity index is 1170. The van der Waals surface area contributed by atoms with Gasteiger partial charge in [0.2, 0.25) is 15.9 Å². The van der Waals surface area contributed by atoms with Gasteiger partial charge in [0.1, 0.15) is 5.01 Å². The SMILES string of the molecule is C[C@H](c1nc2ccccc2s1)N(C)C(=O)CNc1cccc(S(=O)(=O)N2CCOCC2)c1. The maximum Gasteiger partial charge on any atom is 0.243 e. The number of carbonyl (C=O) groups is 1. The zero-order chi connectivity index (χ0) is 22.7. The first kappa shape index (κ1) is 22.7. The number of nitrogens with zero attached hydrogens (tertiary/aromatic N) is 3. The molecule has 2 heterocycles. The van der Waals surface area contributed by atoms with Crippen molar-refractivity contribution in [1.29, 1.82) is 0 Å². The molecule has 1 N–H and O–H groups in total. The number of anilines is 1. The number of fused-ring (bicyclic) bond motifs is 1. The van der Waals surface area contributed by atoms with Crippen molar-refractivity contribution in [3.05, 3.63) is 53.5 Å². The van der Waals surface area contributed by atoms with Gasteiger partial charge in [-0.15, -0.1) is 11.3 Å². The molecule has 0 bridgehead atoms. The molecule has 0 saturated carbocycles. The highest BCUT2D eigenvalue weighted by molar-refractivity contribution is 7.89. The minimum absolute atomic E-state index is 0.0484. The Kier molecular flexibility index (Phi) is 6.75. The second-order valence-electron chi connectivity index (χ2n) is 7.60. The van der Waals surface area contributed by atoms with E-state index in [1.54, 1.807) is 47.5 Å². The van der Waals surface area contributed by atoms with Gasteiger partial charge in [-0.2, -0.15) is 4.31 Å². The van der Waals surface area contributed by atoms with Crippen molar-refractivity contribution in [1.82, 2.24) is 14.2 Å². The smallest absolute Gasteiger partial charge is 0.243 e. The monoisotopic (exact) mass is 474 g/mol. The highest BCUT2D eigenvalue weighted by Crippen LogP contribution is 2.29. The molecule has 10 heteroatoms. The lowest BCUT2D eigenvalue weighted by atomic mass is 10.3. The summed E-state index contributed by atoms with van der Waals surface area (Å²) in [5, 5.41) is 3.93. The van der Waals surface area contributed by atoms with Crippen molar-refractivity contribution < 1.29 is 17.9 Å². The van der Waals surface area contributed by atoms with Gasteiger partial charge in [0.05, 0.1) is 40.9 Å². The molecule has 1 atom stereocenters. The molecule has 3 aromatic rings. The molecule has 32 heavy (non-hydrogen) atoms. The first-order valence-corrected chi connectivity index (χ1v) is 12.6. The fourth-order valence-corrected chi connectivity index (χ4v) is 5.97. The highest BCUT2D eigenvalue weighted by Gasteiger charge is 2.26. The predicted octanol–water partition coefficient (Wildman–Crippen LogP) is 2.95. The van der Waals surface area contributed by atoms with Gasteiger partial charge in [-0.1, -0.05) is 18.2 Å². The van der Waals surface area contributed by atoms with E-state index in [1.165, 1.54) is 4.31 Å². The van der Waals surface area contributed by atoms with Crippen LogP contribution in [0.4, 0.5) is 5.69 Å². The summed E-state index contributed by atoms with van der Waals surface area (Å²) in [6, 6.07) is 14.3. The number of morpholine rings is 1. The summed E-state index contributed by atoms with van der Waals surface area (Å²) >= 11 is 1.58. The van der Waals surface area contributed by atoms with Crippen molar-refractivity contribution in [2.45, 2.75) is 17.9 Å². The van der Waals surface area contributed by atoms with Crippen LogP contribution in [0, 0.1) is 0 Å². The maximum absolute atomic E-state index is 12.9. The summed E-state index contributed by atoms with van der Waals surface area (Å²) in [5.41, 5.74) is 1.50. The first-order valence-electron chi connectivity index (χ1n) is 10.4. The third kappa shape index (κ3) is 4.78. The number of thiazole rings is 1. The molecule has 0 spiro atoms. The van der Waals surface area contributed by atoms with Gasteiger partial charge in [0, 0.05) is 25.8 Å². The third-order valence-corrected chi connectivity index (χ3v) is 8.63. The third-order valence-electron chi connectivity index (χ3n) is 5.53. The molecule has 1 aliphatic heterocycles. The van der Waals surface area contributed by atoms with E-state index in [-0.39, 0.29) is 23.4 Å². The molecular weight excluding hydrogens is 448 g/mol. The van der Waals surface area contributed by atoms with Gasteiger partial charge >= 0.3 is 0 Å². The van der Waals surface area contributed by atoms with Crippen molar-refractivity contribution in [2.75, 3.05) is 45.2 Å². The first-order chi connectivity index (χ1) is 15.4. The summed E-state index contributed by atoms with van der Waals surface area (Å²) in [5.74, 6) is -0.113. The molecule has 0 unspecified atom stereocenters. The van der Waals surface area contributed by atoms with Crippen LogP contribution in [0.2, 0.25) is 0 Å². The number of sulfonamides is 1. The summed E-state index contributed by atoms with van der Waals surface area (Å²) in [7, 11) is -1.84. The number of likely N-dealkylation sites (N-methyl/N-ethyl adjacent to an activating group) is 1. The summed E-state index contributed by atoms with van der Waals surface area (Å²) in [6.07, 6.45) is 0. The van der Waals surface area contributed by atoms with E-state index in [4.69, 9.17) is 4.74 Å². The number of nitrogens with one attached hydrogen (secondary N) is 1. The predicted molar refractivity (Wildman–Crippen MR) is 125 cm³/mol. The maximum atomic E-state index is 12.9. The van der Waals surface area contributed by atoms with Gasteiger partial charge < -0.3 is 15.0 Å². The van der Waals surface area contributed by atoms with Gasteiger partial charge in [0.15, 0.2) is 0 Å².